The zero-order chi connectivity index (χ0) is 18.1. The average molecular weight is 342 g/mol. The fourth-order valence-corrected chi connectivity index (χ4v) is 2.87. The third-order valence-electron chi connectivity index (χ3n) is 4.49. The summed E-state index contributed by atoms with van der Waals surface area (Å²) in [5.74, 6) is -1.68. The Labute approximate surface area is 150 Å². The van der Waals surface area contributed by atoms with Gasteiger partial charge in [0.1, 0.15) is 0 Å². The lowest BCUT2D eigenvalue weighted by atomic mass is 9.99. The minimum atomic E-state index is -1.36. The van der Waals surface area contributed by atoms with E-state index in [1.165, 1.54) is 57.8 Å². The van der Waals surface area contributed by atoms with E-state index in [2.05, 4.69) is 13.8 Å². The minimum absolute atomic E-state index is 0.309. The molecule has 0 aliphatic rings. The van der Waals surface area contributed by atoms with Crippen LogP contribution in [0.1, 0.15) is 117 Å². The lowest BCUT2D eigenvalue weighted by Gasteiger charge is -2.27. The Morgan fingerprint density at radius 2 is 1.33 bits per heavy atom. The van der Waals surface area contributed by atoms with Crippen LogP contribution in [0.3, 0.4) is 0 Å². The average Bonchev–Trinajstić information content (AvgIpc) is 2.57. The van der Waals surface area contributed by atoms with Gasteiger partial charge in [0.25, 0.3) is 0 Å². The van der Waals surface area contributed by atoms with Crippen LogP contribution in [0.15, 0.2) is 0 Å². The number of unbranched alkanes of at least 4 members (excludes halogenated alkanes) is 11. The molecule has 0 aromatic heterocycles. The van der Waals surface area contributed by atoms with E-state index >= 15 is 0 Å². The van der Waals surface area contributed by atoms with Gasteiger partial charge in [-0.3, -0.25) is 4.79 Å². The molecule has 0 heterocycles. The van der Waals surface area contributed by atoms with Crippen molar-refractivity contribution in [2.75, 3.05) is 0 Å². The van der Waals surface area contributed by atoms with Crippen molar-refractivity contribution in [2.45, 2.75) is 123 Å². The van der Waals surface area contributed by atoms with Crippen LogP contribution in [0.25, 0.3) is 0 Å². The predicted octanol–water partition coefficient (Wildman–Crippen LogP) is 6.33. The molecule has 1 N–H and O–H groups in total. The van der Waals surface area contributed by atoms with E-state index in [1.54, 1.807) is 6.92 Å². The molecule has 0 bridgehead atoms. The van der Waals surface area contributed by atoms with E-state index in [9.17, 15) is 9.90 Å². The predicted molar refractivity (Wildman–Crippen MR) is 102 cm³/mol. The maximum atomic E-state index is 11.6. The Morgan fingerprint density at radius 3 is 1.88 bits per heavy atom. The molecule has 1 atom stereocenters. The van der Waals surface area contributed by atoms with E-state index in [4.69, 9.17) is 4.74 Å². The lowest BCUT2D eigenvalue weighted by molar-refractivity contribution is -0.199. The van der Waals surface area contributed by atoms with Crippen LogP contribution in [-0.2, 0) is 9.53 Å². The summed E-state index contributed by atoms with van der Waals surface area (Å²) in [6.07, 6.45) is 17.8. The topological polar surface area (TPSA) is 46.5 Å². The first kappa shape index (κ1) is 23.4. The van der Waals surface area contributed by atoms with Crippen molar-refractivity contribution in [1.82, 2.24) is 0 Å². The Bertz CT molecular complexity index is 291. The zero-order valence-electron chi connectivity index (χ0n) is 16.4. The number of aliphatic hydroxyl groups is 1. The summed E-state index contributed by atoms with van der Waals surface area (Å²) in [4.78, 5) is 11.6. The molecule has 1 radical (unpaired) electrons. The highest BCUT2D eigenvalue weighted by Crippen LogP contribution is 2.24. The van der Waals surface area contributed by atoms with Crippen molar-refractivity contribution in [3.05, 3.63) is 6.42 Å². The summed E-state index contributed by atoms with van der Waals surface area (Å²) in [5.41, 5.74) is 0. The summed E-state index contributed by atoms with van der Waals surface area (Å²) in [7, 11) is 0. The molecule has 0 fully saturated rings. The lowest BCUT2D eigenvalue weighted by Crippen LogP contribution is -2.35. The van der Waals surface area contributed by atoms with Crippen molar-refractivity contribution in [1.29, 1.82) is 0 Å². The summed E-state index contributed by atoms with van der Waals surface area (Å²) < 4.78 is 5.32. The highest BCUT2D eigenvalue weighted by atomic mass is 16.7. The molecule has 143 valence electrons. The van der Waals surface area contributed by atoms with Gasteiger partial charge in [0.2, 0.25) is 5.79 Å². The van der Waals surface area contributed by atoms with Gasteiger partial charge in [0.05, 0.1) is 0 Å². The van der Waals surface area contributed by atoms with E-state index in [0.717, 1.165) is 25.7 Å². The number of hydrogen-bond acceptors (Lipinski definition) is 3. The van der Waals surface area contributed by atoms with Crippen LogP contribution >= 0.6 is 0 Å². The van der Waals surface area contributed by atoms with Gasteiger partial charge in [-0.15, -0.1) is 0 Å². The molecule has 24 heavy (non-hydrogen) atoms. The van der Waals surface area contributed by atoms with Crippen molar-refractivity contribution in [3.63, 3.8) is 0 Å². The highest BCUT2D eigenvalue weighted by molar-refractivity contribution is 5.69. The van der Waals surface area contributed by atoms with Gasteiger partial charge in [-0.05, 0) is 12.8 Å². The SMILES string of the molecule is CCCCCCCC[CH]C(O)(CCCCCCCC)OC(=O)CC. The molecule has 1 unspecified atom stereocenters. The van der Waals surface area contributed by atoms with Crippen molar-refractivity contribution in [3.8, 4) is 0 Å². The second kappa shape index (κ2) is 15.9. The number of ether oxygens (including phenoxy) is 1. The Morgan fingerprint density at radius 1 is 0.833 bits per heavy atom. The summed E-state index contributed by atoms with van der Waals surface area (Å²) >= 11 is 0. The van der Waals surface area contributed by atoms with Crippen LogP contribution in [0.2, 0.25) is 0 Å². The minimum Gasteiger partial charge on any atom is -0.433 e. The first-order valence-electron chi connectivity index (χ1n) is 10.4. The van der Waals surface area contributed by atoms with Gasteiger partial charge in [-0.25, -0.2) is 0 Å². The molecule has 0 saturated carbocycles. The second-order valence-electron chi connectivity index (χ2n) is 6.95. The third-order valence-corrected chi connectivity index (χ3v) is 4.49. The molecule has 0 aromatic rings. The summed E-state index contributed by atoms with van der Waals surface area (Å²) in [6.45, 7) is 6.19. The first-order chi connectivity index (χ1) is 11.6. The molecule has 3 nitrogen and oxygen atoms in total. The maximum Gasteiger partial charge on any atom is 0.308 e. The molecule has 0 aromatic carbocycles. The van der Waals surface area contributed by atoms with Crippen molar-refractivity contribution >= 4 is 5.97 Å². The smallest absolute Gasteiger partial charge is 0.308 e. The Kier molecular flexibility index (Phi) is 15.6. The van der Waals surface area contributed by atoms with Gasteiger partial charge >= 0.3 is 5.97 Å². The first-order valence-corrected chi connectivity index (χ1v) is 10.4. The molecule has 0 spiro atoms. The third kappa shape index (κ3) is 13.8. The van der Waals surface area contributed by atoms with Gasteiger partial charge in [-0.2, -0.15) is 0 Å². The van der Waals surface area contributed by atoms with Crippen LogP contribution in [0, 0.1) is 6.42 Å². The van der Waals surface area contributed by atoms with E-state index < -0.39 is 5.79 Å². The van der Waals surface area contributed by atoms with Gasteiger partial charge in [0, 0.05) is 19.3 Å². The molecule has 0 amide bonds. The standard InChI is InChI=1S/C21H41O3/c1-4-7-9-11-13-15-17-19-21(23,24-20(22)6-3)18-16-14-12-10-8-5-2/h19,23H,4-18H2,1-3H3. The molecule has 0 aliphatic carbocycles. The number of carbonyl (C=O) groups excluding carboxylic acids is 1. The number of carbonyl (C=O) groups is 1. The highest BCUT2D eigenvalue weighted by Gasteiger charge is 2.30. The van der Waals surface area contributed by atoms with E-state index in [-0.39, 0.29) is 5.97 Å². The van der Waals surface area contributed by atoms with Crippen LogP contribution in [-0.4, -0.2) is 16.9 Å². The number of hydrogen-bond donors (Lipinski definition) is 1. The fraction of sp³-hybridized carbons (Fsp3) is 0.905. The van der Waals surface area contributed by atoms with Crippen LogP contribution in [0.4, 0.5) is 0 Å². The van der Waals surface area contributed by atoms with Gasteiger partial charge < -0.3 is 9.84 Å². The summed E-state index contributed by atoms with van der Waals surface area (Å²) in [5, 5.41) is 10.7. The largest absolute Gasteiger partial charge is 0.433 e. The normalized spacial score (nSPS) is 13.7. The summed E-state index contributed by atoms with van der Waals surface area (Å²) in [6, 6.07) is 0. The monoisotopic (exact) mass is 341 g/mol. The number of esters is 1. The maximum absolute atomic E-state index is 11.6. The molecule has 3 heteroatoms. The molecular formula is C21H41O3. The molecule has 0 aliphatic heterocycles. The van der Waals surface area contributed by atoms with Gasteiger partial charge in [-0.1, -0.05) is 91.4 Å². The van der Waals surface area contributed by atoms with Crippen LogP contribution < -0.4 is 0 Å². The van der Waals surface area contributed by atoms with E-state index in [1.807, 2.05) is 6.42 Å². The molecule has 0 rings (SSSR count). The van der Waals surface area contributed by atoms with E-state index in [0.29, 0.717) is 12.8 Å². The van der Waals surface area contributed by atoms with Gasteiger partial charge in [0.15, 0.2) is 0 Å². The van der Waals surface area contributed by atoms with Crippen molar-refractivity contribution < 1.29 is 14.6 Å². The quantitative estimate of drug-likeness (QED) is 0.191. The number of rotatable bonds is 17. The Balaban J connectivity index is 4.03. The van der Waals surface area contributed by atoms with Crippen LogP contribution in [0.5, 0.6) is 0 Å². The fourth-order valence-electron chi connectivity index (χ4n) is 2.87. The van der Waals surface area contributed by atoms with Crippen molar-refractivity contribution in [2.24, 2.45) is 0 Å². The molecule has 0 saturated heterocycles. The zero-order valence-corrected chi connectivity index (χ0v) is 16.4. The molecular weight excluding hydrogens is 300 g/mol. The second-order valence-corrected chi connectivity index (χ2v) is 6.95. The Hall–Kier alpha value is -0.570.